The Hall–Kier alpha value is -0.0897. The van der Waals surface area contributed by atoms with Crippen molar-refractivity contribution in [3.63, 3.8) is 0 Å². The second-order valence-corrected chi connectivity index (χ2v) is 3.26. The number of carbonyl (C=O) groups excluding carboxylic acids is 1. The number of carbonyl (C=O) groups is 1. The van der Waals surface area contributed by atoms with Gasteiger partial charge in [0.25, 0.3) is 0 Å². The third-order valence-corrected chi connectivity index (χ3v) is 1.84. The number of ether oxygens (including phenoxy) is 1. The molecule has 0 aromatic rings. The van der Waals surface area contributed by atoms with E-state index in [0.717, 1.165) is 0 Å². The van der Waals surface area contributed by atoms with Gasteiger partial charge in [-0.25, -0.2) is 0 Å². The summed E-state index contributed by atoms with van der Waals surface area (Å²) in [5.41, 5.74) is 0. The molecule has 0 heterocycles. The van der Waals surface area contributed by atoms with Crippen molar-refractivity contribution in [1.29, 1.82) is 0 Å². The molecule has 1 N–H and O–H groups in total. The SMILES string of the molecule is CCC(OC)/C(O)=C/C(=O)C(C)C.[Ag]. The van der Waals surface area contributed by atoms with Gasteiger partial charge < -0.3 is 9.84 Å². The molecule has 0 aromatic heterocycles. The van der Waals surface area contributed by atoms with Crippen LogP contribution in [0, 0.1) is 5.92 Å². The molecule has 0 rings (SSSR count). The van der Waals surface area contributed by atoms with Gasteiger partial charge in [0.1, 0.15) is 11.9 Å². The van der Waals surface area contributed by atoms with Crippen LogP contribution >= 0.6 is 0 Å². The second-order valence-electron chi connectivity index (χ2n) is 3.26. The van der Waals surface area contributed by atoms with Crippen LogP contribution in [0.3, 0.4) is 0 Å². The molecule has 14 heavy (non-hydrogen) atoms. The molecule has 0 aliphatic carbocycles. The van der Waals surface area contributed by atoms with Gasteiger partial charge in [-0.15, -0.1) is 0 Å². The topological polar surface area (TPSA) is 46.5 Å². The summed E-state index contributed by atoms with van der Waals surface area (Å²) in [4.78, 5) is 11.2. The number of rotatable bonds is 5. The Morgan fingerprint density at radius 1 is 1.50 bits per heavy atom. The van der Waals surface area contributed by atoms with Crippen molar-refractivity contribution in [2.24, 2.45) is 5.92 Å². The van der Waals surface area contributed by atoms with Crippen LogP contribution in [-0.4, -0.2) is 24.1 Å². The Balaban J connectivity index is 0. The van der Waals surface area contributed by atoms with E-state index in [1.54, 1.807) is 13.8 Å². The van der Waals surface area contributed by atoms with Gasteiger partial charge in [-0.3, -0.25) is 4.79 Å². The molecule has 1 unspecified atom stereocenters. The van der Waals surface area contributed by atoms with Crippen molar-refractivity contribution in [2.75, 3.05) is 7.11 Å². The van der Waals surface area contributed by atoms with Crippen molar-refractivity contribution in [3.05, 3.63) is 11.8 Å². The number of allylic oxidation sites excluding steroid dienone is 1. The van der Waals surface area contributed by atoms with E-state index >= 15 is 0 Å². The molecule has 0 bridgehead atoms. The zero-order chi connectivity index (χ0) is 10.4. The molecule has 0 saturated heterocycles. The van der Waals surface area contributed by atoms with Crippen LogP contribution in [-0.2, 0) is 31.9 Å². The molecule has 1 atom stereocenters. The zero-order valence-electron chi connectivity index (χ0n) is 9.00. The maximum atomic E-state index is 11.2. The number of aliphatic hydroxyl groups is 1. The molecular weight excluding hydrogens is 276 g/mol. The normalized spacial score (nSPS) is 13.6. The molecule has 4 heteroatoms. The summed E-state index contributed by atoms with van der Waals surface area (Å²) in [6.45, 7) is 5.47. The Kier molecular flexibility index (Phi) is 9.62. The van der Waals surface area contributed by atoms with Gasteiger partial charge in [-0.05, 0) is 6.42 Å². The predicted molar refractivity (Wildman–Crippen MR) is 51.6 cm³/mol. The van der Waals surface area contributed by atoms with Crippen molar-refractivity contribution in [3.8, 4) is 0 Å². The molecule has 0 amide bonds. The van der Waals surface area contributed by atoms with Crippen LogP contribution in [0.2, 0.25) is 0 Å². The van der Waals surface area contributed by atoms with Crippen molar-refractivity contribution < 1.29 is 37.0 Å². The average Bonchev–Trinajstić information content (AvgIpc) is 2.06. The number of ketones is 1. The minimum Gasteiger partial charge on any atom is -0.509 e. The van der Waals surface area contributed by atoms with E-state index in [0.29, 0.717) is 6.42 Å². The third-order valence-electron chi connectivity index (χ3n) is 1.84. The Morgan fingerprint density at radius 3 is 2.29 bits per heavy atom. The zero-order valence-corrected chi connectivity index (χ0v) is 10.5. The first-order valence-electron chi connectivity index (χ1n) is 4.50. The molecule has 1 radical (unpaired) electrons. The van der Waals surface area contributed by atoms with E-state index < -0.39 is 0 Å². The molecule has 0 saturated carbocycles. The Bertz CT molecular complexity index is 196. The fraction of sp³-hybridized carbons (Fsp3) is 0.700. The fourth-order valence-corrected chi connectivity index (χ4v) is 0.902. The van der Waals surface area contributed by atoms with E-state index in [1.165, 1.54) is 13.2 Å². The van der Waals surface area contributed by atoms with Gasteiger partial charge in [0.2, 0.25) is 0 Å². The summed E-state index contributed by atoms with van der Waals surface area (Å²) in [6.07, 6.45) is 1.55. The molecule has 0 fully saturated rings. The van der Waals surface area contributed by atoms with E-state index in [-0.39, 0.29) is 45.9 Å². The Morgan fingerprint density at radius 2 is 2.00 bits per heavy atom. The van der Waals surface area contributed by atoms with Gasteiger partial charge in [0, 0.05) is 41.5 Å². The fourth-order valence-electron chi connectivity index (χ4n) is 0.902. The number of methoxy groups -OCH3 is 1. The van der Waals surface area contributed by atoms with E-state index in [4.69, 9.17) is 4.74 Å². The van der Waals surface area contributed by atoms with Crippen molar-refractivity contribution in [1.82, 2.24) is 0 Å². The van der Waals surface area contributed by atoms with Crippen LogP contribution in [0.5, 0.6) is 0 Å². The molecular formula is C10H18AgO3. The molecule has 87 valence electrons. The van der Waals surface area contributed by atoms with Crippen LogP contribution in [0.15, 0.2) is 11.8 Å². The first-order valence-corrected chi connectivity index (χ1v) is 4.50. The van der Waals surface area contributed by atoms with Crippen LogP contribution in [0.25, 0.3) is 0 Å². The number of aliphatic hydroxyl groups excluding tert-OH is 1. The average molecular weight is 294 g/mol. The first-order chi connectivity index (χ1) is 6.02. The number of hydrogen-bond acceptors (Lipinski definition) is 3. The summed E-state index contributed by atoms with van der Waals surface area (Å²) in [7, 11) is 1.51. The van der Waals surface area contributed by atoms with Gasteiger partial charge in [-0.1, -0.05) is 20.8 Å². The molecule has 0 aromatic carbocycles. The summed E-state index contributed by atoms with van der Waals surface area (Å²) in [5.74, 6) is -0.145. The Labute approximate surface area is 101 Å². The maximum Gasteiger partial charge on any atom is 0.161 e. The molecule has 0 aliphatic heterocycles. The maximum absolute atomic E-state index is 11.2. The second kappa shape index (κ2) is 8.24. The van der Waals surface area contributed by atoms with Crippen LogP contribution in [0.1, 0.15) is 27.2 Å². The monoisotopic (exact) mass is 293 g/mol. The summed E-state index contributed by atoms with van der Waals surface area (Å²) in [5, 5.41) is 9.44. The summed E-state index contributed by atoms with van der Waals surface area (Å²) in [6, 6.07) is 0. The minimum atomic E-state index is -0.359. The third kappa shape index (κ3) is 5.60. The molecule has 0 aliphatic rings. The summed E-state index contributed by atoms with van der Waals surface area (Å²) < 4.78 is 4.97. The largest absolute Gasteiger partial charge is 0.509 e. The number of hydrogen-bond donors (Lipinski definition) is 1. The predicted octanol–water partition coefficient (Wildman–Crippen LogP) is 2.08. The van der Waals surface area contributed by atoms with Gasteiger partial charge in [0.15, 0.2) is 5.78 Å². The van der Waals surface area contributed by atoms with Crippen molar-refractivity contribution >= 4 is 5.78 Å². The molecule has 3 nitrogen and oxygen atoms in total. The van der Waals surface area contributed by atoms with Gasteiger partial charge in [-0.2, -0.15) is 0 Å². The quantitative estimate of drug-likeness (QED) is 0.480. The summed E-state index contributed by atoms with van der Waals surface area (Å²) >= 11 is 0. The van der Waals surface area contributed by atoms with Crippen LogP contribution in [0.4, 0.5) is 0 Å². The van der Waals surface area contributed by atoms with Gasteiger partial charge >= 0.3 is 0 Å². The van der Waals surface area contributed by atoms with Crippen molar-refractivity contribution in [2.45, 2.75) is 33.3 Å². The standard InChI is InChI=1S/C10H18O3.Ag/c1-5-10(13-4)9(12)6-8(11)7(2)3;/h6-7,10,12H,5H2,1-4H3;/b9-6-;. The smallest absolute Gasteiger partial charge is 0.161 e. The minimum absolute atomic E-state index is 0. The van der Waals surface area contributed by atoms with Gasteiger partial charge in [0.05, 0.1) is 0 Å². The van der Waals surface area contributed by atoms with E-state index in [2.05, 4.69) is 0 Å². The van der Waals surface area contributed by atoms with Crippen LogP contribution < -0.4 is 0 Å². The molecule has 0 spiro atoms. The first kappa shape index (κ1) is 16.3. The van der Waals surface area contributed by atoms with E-state index in [9.17, 15) is 9.90 Å². The van der Waals surface area contributed by atoms with E-state index in [1.807, 2.05) is 6.92 Å².